The van der Waals surface area contributed by atoms with Crippen molar-refractivity contribution in [3.05, 3.63) is 59.2 Å². The zero-order valence-electron chi connectivity index (χ0n) is 11.9. The molecule has 0 saturated heterocycles. The van der Waals surface area contributed by atoms with E-state index in [0.29, 0.717) is 4.99 Å². The molecule has 0 bridgehead atoms. The number of thiocarbonyl (C=S) groups is 1. The first-order valence-corrected chi connectivity index (χ1v) is 7.34. The Morgan fingerprint density at radius 1 is 1.00 bits per heavy atom. The molecule has 0 atom stereocenters. The number of hydrogen-bond donors (Lipinski definition) is 2. The van der Waals surface area contributed by atoms with E-state index in [1.165, 1.54) is 16.8 Å². The molecule has 2 aromatic rings. The van der Waals surface area contributed by atoms with Gasteiger partial charge < -0.3 is 11.1 Å². The Morgan fingerprint density at radius 2 is 1.60 bits per heavy atom. The molecule has 0 aliphatic rings. The van der Waals surface area contributed by atoms with Crippen LogP contribution in [0.1, 0.15) is 30.5 Å². The molecule has 2 rings (SSSR count). The summed E-state index contributed by atoms with van der Waals surface area (Å²) in [6.45, 7) is 4.33. The highest BCUT2D eigenvalue weighted by Gasteiger charge is 2.09. The summed E-state index contributed by atoms with van der Waals surface area (Å²) in [4.78, 5) is 0.417. The highest BCUT2D eigenvalue weighted by atomic mass is 32.1. The van der Waals surface area contributed by atoms with Crippen molar-refractivity contribution in [1.82, 2.24) is 0 Å². The first kappa shape index (κ1) is 14.5. The van der Waals surface area contributed by atoms with Crippen LogP contribution >= 0.6 is 12.2 Å². The van der Waals surface area contributed by atoms with Crippen LogP contribution in [0.15, 0.2) is 42.5 Å². The first-order valence-electron chi connectivity index (χ1n) is 6.94. The van der Waals surface area contributed by atoms with Gasteiger partial charge in [-0.15, -0.1) is 0 Å². The molecular weight excluding hydrogens is 264 g/mol. The molecule has 0 aliphatic heterocycles. The zero-order valence-corrected chi connectivity index (χ0v) is 12.8. The molecule has 0 fully saturated rings. The maximum atomic E-state index is 5.80. The first-order chi connectivity index (χ1) is 9.67. The lowest BCUT2D eigenvalue weighted by atomic mass is 10.0. The van der Waals surface area contributed by atoms with Gasteiger partial charge in [-0.25, -0.2) is 0 Å². The summed E-state index contributed by atoms with van der Waals surface area (Å²) in [6, 6.07) is 14.3. The summed E-state index contributed by atoms with van der Waals surface area (Å²) < 4.78 is 0. The molecular formula is C17H20N2S. The van der Waals surface area contributed by atoms with Crippen LogP contribution in [0, 0.1) is 0 Å². The number of nitrogens with one attached hydrogen (secondary N) is 1. The minimum Gasteiger partial charge on any atom is -0.389 e. The molecule has 20 heavy (non-hydrogen) atoms. The van der Waals surface area contributed by atoms with Crippen LogP contribution in [0.25, 0.3) is 0 Å². The molecule has 104 valence electrons. The van der Waals surface area contributed by atoms with Gasteiger partial charge in [-0.05, 0) is 36.1 Å². The third-order valence-electron chi connectivity index (χ3n) is 3.45. The summed E-state index contributed by atoms with van der Waals surface area (Å²) >= 11 is 5.13. The highest BCUT2D eigenvalue weighted by molar-refractivity contribution is 7.80. The topological polar surface area (TPSA) is 38.0 Å². The third kappa shape index (κ3) is 2.99. The Hall–Kier alpha value is -1.87. The fraction of sp³-hybridized carbons (Fsp3) is 0.235. The van der Waals surface area contributed by atoms with Crippen LogP contribution in [0.5, 0.6) is 0 Å². The van der Waals surface area contributed by atoms with E-state index in [9.17, 15) is 0 Å². The highest BCUT2D eigenvalue weighted by Crippen LogP contribution is 2.28. The Morgan fingerprint density at radius 3 is 2.15 bits per heavy atom. The third-order valence-corrected chi connectivity index (χ3v) is 3.67. The minimum atomic E-state index is 0.417. The van der Waals surface area contributed by atoms with E-state index in [1.54, 1.807) is 0 Å². The van der Waals surface area contributed by atoms with Gasteiger partial charge in [-0.3, -0.25) is 0 Å². The Kier molecular flexibility index (Phi) is 4.74. The van der Waals surface area contributed by atoms with Crippen molar-refractivity contribution in [3.8, 4) is 0 Å². The van der Waals surface area contributed by atoms with Gasteiger partial charge in [0.25, 0.3) is 0 Å². The Labute approximate surface area is 126 Å². The number of anilines is 2. The van der Waals surface area contributed by atoms with E-state index in [2.05, 4.69) is 37.4 Å². The zero-order chi connectivity index (χ0) is 14.5. The second kappa shape index (κ2) is 6.53. The molecule has 2 aromatic carbocycles. The minimum absolute atomic E-state index is 0.417. The Balaban J connectivity index is 2.47. The van der Waals surface area contributed by atoms with Crippen molar-refractivity contribution in [2.75, 3.05) is 5.32 Å². The van der Waals surface area contributed by atoms with Crippen LogP contribution in [0.2, 0.25) is 0 Å². The van der Waals surface area contributed by atoms with Gasteiger partial charge in [0.15, 0.2) is 0 Å². The molecule has 0 saturated carbocycles. The quantitative estimate of drug-likeness (QED) is 0.809. The van der Waals surface area contributed by atoms with E-state index in [4.69, 9.17) is 18.0 Å². The number of nitrogens with two attached hydrogens (primary N) is 1. The largest absolute Gasteiger partial charge is 0.389 e. The van der Waals surface area contributed by atoms with Crippen molar-refractivity contribution in [2.45, 2.75) is 26.7 Å². The maximum Gasteiger partial charge on any atom is 0.106 e. The van der Waals surface area contributed by atoms with E-state index < -0.39 is 0 Å². The molecule has 0 spiro atoms. The van der Waals surface area contributed by atoms with Gasteiger partial charge in [-0.2, -0.15) is 0 Å². The standard InChI is InChI=1S/C17H20N2S/c1-3-12-8-7-9-13(4-2)16(12)19-15-11-6-5-10-14(15)17(18)20/h5-11,19H,3-4H2,1-2H3,(H2,18,20). The lowest BCUT2D eigenvalue weighted by molar-refractivity contribution is 1.09. The van der Waals surface area contributed by atoms with Crippen LogP contribution in [0.3, 0.4) is 0 Å². The van der Waals surface area contributed by atoms with Crippen LogP contribution < -0.4 is 11.1 Å². The van der Waals surface area contributed by atoms with Crippen molar-refractivity contribution >= 4 is 28.6 Å². The molecule has 0 aliphatic carbocycles. The summed E-state index contributed by atoms with van der Waals surface area (Å²) in [5, 5.41) is 3.53. The monoisotopic (exact) mass is 284 g/mol. The fourth-order valence-electron chi connectivity index (χ4n) is 2.34. The SMILES string of the molecule is CCc1cccc(CC)c1Nc1ccccc1C(N)=S. The van der Waals surface area contributed by atoms with Gasteiger partial charge in [0.05, 0.1) is 0 Å². The van der Waals surface area contributed by atoms with E-state index >= 15 is 0 Å². The van der Waals surface area contributed by atoms with E-state index in [-0.39, 0.29) is 0 Å². The number of para-hydroxylation sites is 2. The Bertz CT molecular complexity index is 598. The van der Waals surface area contributed by atoms with Crippen molar-refractivity contribution in [2.24, 2.45) is 5.73 Å². The maximum absolute atomic E-state index is 5.80. The van der Waals surface area contributed by atoms with E-state index in [0.717, 1.165) is 24.1 Å². The molecule has 3 heteroatoms. The van der Waals surface area contributed by atoms with Crippen molar-refractivity contribution in [1.29, 1.82) is 0 Å². The molecule has 2 nitrogen and oxygen atoms in total. The molecule has 0 amide bonds. The lowest BCUT2D eigenvalue weighted by Gasteiger charge is -2.17. The molecule has 0 aromatic heterocycles. The van der Waals surface area contributed by atoms with Crippen LogP contribution in [0.4, 0.5) is 11.4 Å². The number of aryl methyl sites for hydroxylation is 2. The number of hydrogen-bond acceptors (Lipinski definition) is 2. The van der Waals surface area contributed by atoms with Gasteiger partial charge >= 0.3 is 0 Å². The average molecular weight is 284 g/mol. The molecule has 0 radical (unpaired) electrons. The summed E-state index contributed by atoms with van der Waals surface area (Å²) in [5.41, 5.74) is 11.5. The van der Waals surface area contributed by atoms with Crippen molar-refractivity contribution < 1.29 is 0 Å². The summed E-state index contributed by atoms with van der Waals surface area (Å²) in [7, 11) is 0. The predicted octanol–water partition coefficient (Wildman–Crippen LogP) is 4.19. The second-order valence-corrected chi connectivity index (χ2v) is 5.13. The molecule has 0 unspecified atom stereocenters. The molecule has 0 heterocycles. The van der Waals surface area contributed by atoms with Crippen LogP contribution in [-0.2, 0) is 12.8 Å². The van der Waals surface area contributed by atoms with Gasteiger partial charge in [0.1, 0.15) is 4.99 Å². The summed E-state index contributed by atoms with van der Waals surface area (Å²) in [6.07, 6.45) is 1.98. The number of rotatable bonds is 5. The molecule has 3 N–H and O–H groups in total. The van der Waals surface area contributed by atoms with Crippen molar-refractivity contribution in [3.63, 3.8) is 0 Å². The lowest BCUT2D eigenvalue weighted by Crippen LogP contribution is -2.12. The second-order valence-electron chi connectivity index (χ2n) is 4.69. The van der Waals surface area contributed by atoms with Gasteiger partial charge in [0.2, 0.25) is 0 Å². The van der Waals surface area contributed by atoms with Crippen LogP contribution in [-0.4, -0.2) is 4.99 Å². The summed E-state index contributed by atoms with van der Waals surface area (Å²) in [5.74, 6) is 0. The smallest absolute Gasteiger partial charge is 0.106 e. The van der Waals surface area contributed by atoms with Gasteiger partial charge in [0, 0.05) is 16.9 Å². The fourth-order valence-corrected chi connectivity index (χ4v) is 2.52. The van der Waals surface area contributed by atoms with E-state index in [1.807, 2.05) is 24.3 Å². The average Bonchev–Trinajstić information content (AvgIpc) is 2.47. The van der Waals surface area contributed by atoms with Gasteiger partial charge in [-0.1, -0.05) is 56.4 Å². The predicted molar refractivity (Wildman–Crippen MR) is 90.8 cm³/mol. The normalized spacial score (nSPS) is 10.3. The number of benzene rings is 2.